The van der Waals surface area contributed by atoms with Crippen LogP contribution < -0.4 is 10.5 Å². The highest BCUT2D eigenvalue weighted by Gasteiger charge is 2.55. The maximum Gasteiger partial charge on any atom is 0.416 e. The fraction of sp³-hybridized carbons (Fsp3) is 0.417. The number of esters is 1. The number of nitrogens with two attached hydrogens (primary N) is 1. The van der Waals surface area contributed by atoms with Crippen molar-refractivity contribution in [2.45, 2.75) is 25.2 Å². The Kier molecular flexibility index (Phi) is 4.41. The summed E-state index contributed by atoms with van der Waals surface area (Å²) >= 11 is 0. The van der Waals surface area contributed by atoms with Crippen LogP contribution in [0.25, 0.3) is 0 Å². The number of ether oxygens (including phenoxy) is 2. The van der Waals surface area contributed by atoms with Crippen molar-refractivity contribution in [2.24, 2.45) is 5.73 Å². The first-order chi connectivity index (χ1) is 8.68. The first-order valence-electron chi connectivity index (χ1n) is 5.34. The molecule has 19 heavy (non-hydrogen) atoms. The molecule has 0 spiro atoms. The second-order valence-corrected chi connectivity index (χ2v) is 4.13. The lowest BCUT2D eigenvalue weighted by Gasteiger charge is -2.25. The predicted molar refractivity (Wildman–Crippen MR) is 61.4 cm³/mol. The van der Waals surface area contributed by atoms with E-state index in [0.29, 0.717) is 18.2 Å². The molecule has 7 heteroatoms. The van der Waals surface area contributed by atoms with Crippen LogP contribution in [0.5, 0.6) is 5.75 Å². The van der Waals surface area contributed by atoms with Crippen LogP contribution in [0.3, 0.4) is 0 Å². The highest BCUT2D eigenvalue weighted by atomic mass is 19.4. The average molecular weight is 277 g/mol. The number of benzene rings is 1. The second kappa shape index (κ2) is 5.48. The van der Waals surface area contributed by atoms with E-state index < -0.39 is 17.7 Å². The molecule has 0 heterocycles. The van der Waals surface area contributed by atoms with Crippen molar-refractivity contribution < 1.29 is 27.4 Å². The number of methoxy groups -OCH3 is 1. The molecule has 1 atom stereocenters. The molecule has 0 fully saturated rings. The zero-order valence-electron chi connectivity index (χ0n) is 10.5. The molecule has 0 saturated carbocycles. The number of halogens is 3. The zero-order valence-corrected chi connectivity index (χ0v) is 10.5. The second-order valence-electron chi connectivity index (χ2n) is 4.13. The van der Waals surface area contributed by atoms with Gasteiger partial charge in [0, 0.05) is 0 Å². The molecule has 0 amide bonds. The minimum atomic E-state index is -4.86. The third-order valence-electron chi connectivity index (χ3n) is 2.52. The summed E-state index contributed by atoms with van der Waals surface area (Å²) < 4.78 is 47.0. The van der Waals surface area contributed by atoms with E-state index in [1.165, 1.54) is 7.11 Å². The lowest BCUT2D eigenvalue weighted by Crippen LogP contribution is -2.57. The number of carbonyl (C=O) groups is 1. The van der Waals surface area contributed by atoms with Gasteiger partial charge in [-0.1, -0.05) is 12.1 Å². The van der Waals surface area contributed by atoms with Gasteiger partial charge in [0.25, 0.3) is 0 Å². The van der Waals surface area contributed by atoms with Crippen LogP contribution >= 0.6 is 0 Å². The molecular formula is C12H14F3NO3. The van der Waals surface area contributed by atoms with E-state index in [2.05, 4.69) is 4.74 Å². The van der Waals surface area contributed by atoms with Crippen LogP contribution in [0.2, 0.25) is 0 Å². The highest BCUT2D eigenvalue weighted by Crippen LogP contribution is 2.29. The average Bonchev–Trinajstić information content (AvgIpc) is 2.34. The fourth-order valence-corrected chi connectivity index (χ4v) is 1.18. The Morgan fingerprint density at radius 2 is 2.00 bits per heavy atom. The Hall–Kier alpha value is -1.76. The van der Waals surface area contributed by atoms with Crippen molar-refractivity contribution in [3.63, 3.8) is 0 Å². The number of rotatable bonds is 4. The molecule has 1 rings (SSSR count). The van der Waals surface area contributed by atoms with E-state index >= 15 is 0 Å². The summed E-state index contributed by atoms with van der Waals surface area (Å²) in [4.78, 5) is 11.3. The predicted octanol–water partition coefficient (Wildman–Crippen LogP) is 2.02. The molecule has 1 aromatic rings. The summed E-state index contributed by atoms with van der Waals surface area (Å²) in [5, 5.41) is 0. The van der Waals surface area contributed by atoms with Crippen LogP contribution in [0.4, 0.5) is 13.2 Å². The van der Waals surface area contributed by atoms with Gasteiger partial charge >= 0.3 is 12.1 Å². The van der Waals surface area contributed by atoms with Crippen molar-refractivity contribution >= 4 is 5.97 Å². The molecule has 1 unspecified atom stereocenters. The summed E-state index contributed by atoms with van der Waals surface area (Å²) in [7, 11) is 1.45. The van der Waals surface area contributed by atoms with Gasteiger partial charge in [-0.15, -0.1) is 0 Å². The maximum absolute atomic E-state index is 12.5. The summed E-state index contributed by atoms with van der Waals surface area (Å²) in [6, 6.07) is 6.44. The van der Waals surface area contributed by atoms with Crippen molar-refractivity contribution in [3.05, 3.63) is 29.8 Å². The lowest BCUT2D eigenvalue weighted by molar-refractivity contribution is -0.202. The SMILES string of the molecule is COc1cccc(COC(=O)C(C)(N)C(F)(F)F)c1. The van der Waals surface area contributed by atoms with Crippen LogP contribution in [0, 0.1) is 0 Å². The van der Waals surface area contributed by atoms with Crippen molar-refractivity contribution in [1.29, 1.82) is 0 Å². The standard InChI is InChI=1S/C12H14F3NO3/c1-11(16,12(13,14)15)10(17)19-7-8-4-3-5-9(6-8)18-2/h3-6H,7,16H2,1-2H3. The molecule has 0 aliphatic heterocycles. The maximum atomic E-state index is 12.5. The topological polar surface area (TPSA) is 61.5 Å². The van der Waals surface area contributed by atoms with E-state index in [4.69, 9.17) is 10.5 Å². The molecule has 0 radical (unpaired) electrons. The summed E-state index contributed by atoms with van der Waals surface area (Å²) in [6.07, 6.45) is -4.86. The molecule has 106 valence electrons. The van der Waals surface area contributed by atoms with Crippen LogP contribution in [-0.4, -0.2) is 24.8 Å². The first kappa shape index (κ1) is 15.3. The van der Waals surface area contributed by atoms with Crippen LogP contribution in [-0.2, 0) is 16.1 Å². The molecule has 0 saturated heterocycles. The van der Waals surface area contributed by atoms with Gasteiger partial charge in [0.05, 0.1) is 7.11 Å². The molecule has 1 aromatic carbocycles. The lowest BCUT2D eigenvalue weighted by atomic mass is 10.0. The minimum absolute atomic E-state index is 0.307. The Morgan fingerprint density at radius 1 is 1.37 bits per heavy atom. The molecule has 0 aliphatic rings. The number of hydrogen-bond acceptors (Lipinski definition) is 4. The van der Waals surface area contributed by atoms with Crippen LogP contribution in [0.1, 0.15) is 12.5 Å². The third kappa shape index (κ3) is 3.60. The van der Waals surface area contributed by atoms with Gasteiger partial charge in [-0.25, -0.2) is 4.79 Å². The Labute approximate surface area is 108 Å². The molecular weight excluding hydrogens is 263 g/mol. The molecule has 2 N–H and O–H groups in total. The van der Waals surface area contributed by atoms with Crippen LogP contribution in [0.15, 0.2) is 24.3 Å². The molecule has 0 aromatic heterocycles. The monoisotopic (exact) mass is 277 g/mol. The van der Waals surface area contributed by atoms with E-state index in [1.807, 2.05) is 0 Å². The van der Waals surface area contributed by atoms with E-state index in [0.717, 1.165) is 0 Å². The molecule has 0 bridgehead atoms. The minimum Gasteiger partial charge on any atom is -0.497 e. The van der Waals surface area contributed by atoms with Gasteiger partial charge in [0.15, 0.2) is 0 Å². The summed E-state index contributed by atoms with van der Waals surface area (Å²) in [5.41, 5.74) is 2.42. The van der Waals surface area contributed by atoms with Crippen molar-refractivity contribution in [3.8, 4) is 5.75 Å². The quantitative estimate of drug-likeness (QED) is 0.855. The van der Waals surface area contributed by atoms with Gasteiger partial charge in [0.1, 0.15) is 12.4 Å². The Bertz CT molecular complexity index is 458. The van der Waals surface area contributed by atoms with E-state index in [9.17, 15) is 18.0 Å². The zero-order chi connectivity index (χ0) is 14.7. The van der Waals surface area contributed by atoms with Crippen molar-refractivity contribution in [1.82, 2.24) is 0 Å². The molecule has 0 aliphatic carbocycles. The van der Waals surface area contributed by atoms with Gasteiger partial charge in [-0.2, -0.15) is 13.2 Å². The van der Waals surface area contributed by atoms with Gasteiger partial charge in [-0.05, 0) is 24.6 Å². The largest absolute Gasteiger partial charge is 0.497 e. The van der Waals surface area contributed by atoms with Gasteiger partial charge in [-0.3, -0.25) is 0 Å². The smallest absolute Gasteiger partial charge is 0.416 e. The number of carbonyl (C=O) groups excluding carboxylic acids is 1. The summed E-state index contributed by atoms with van der Waals surface area (Å²) in [6.45, 7) is 0.264. The molecule has 4 nitrogen and oxygen atoms in total. The van der Waals surface area contributed by atoms with E-state index in [1.54, 1.807) is 24.3 Å². The Morgan fingerprint density at radius 3 is 2.53 bits per heavy atom. The number of alkyl halides is 3. The Balaban J connectivity index is 2.69. The van der Waals surface area contributed by atoms with Gasteiger partial charge in [0.2, 0.25) is 5.54 Å². The third-order valence-corrected chi connectivity index (χ3v) is 2.52. The van der Waals surface area contributed by atoms with Crippen molar-refractivity contribution in [2.75, 3.05) is 7.11 Å². The highest BCUT2D eigenvalue weighted by molar-refractivity contribution is 5.81. The fourth-order valence-electron chi connectivity index (χ4n) is 1.18. The van der Waals surface area contributed by atoms with E-state index in [-0.39, 0.29) is 6.61 Å². The summed E-state index contributed by atoms with van der Waals surface area (Å²) in [5.74, 6) is -1.01. The normalized spacial score (nSPS) is 14.6. The van der Waals surface area contributed by atoms with Gasteiger partial charge < -0.3 is 15.2 Å². The number of hydrogen-bond donors (Lipinski definition) is 1. The first-order valence-corrected chi connectivity index (χ1v) is 5.34.